The van der Waals surface area contributed by atoms with E-state index in [9.17, 15) is 0 Å². The molecule has 0 saturated carbocycles. The van der Waals surface area contributed by atoms with Crippen molar-refractivity contribution in [3.63, 3.8) is 0 Å². The Kier molecular flexibility index (Phi) is 7.75. The number of aromatic nitrogens is 1. The van der Waals surface area contributed by atoms with Gasteiger partial charge in [0.1, 0.15) is 24.8 Å². The van der Waals surface area contributed by atoms with Crippen LogP contribution in [0.4, 0.5) is 5.82 Å². The Bertz CT molecular complexity index is 867. The van der Waals surface area contributed by atoms with Crippen molar-refractivity contribution in [1.82, 2.24) is 4.98 Å². The van der Waals surface area contributed by atoms with E-state index in [4.69, 9.17) is 14.2 Å². The van der Waals surface area contributed by atoms with E-state index in [-0.39, 0.29) is 0 Å². The molecule has 0 saturated heterocycles. The Balaban J connectivity index is 1.52. The van der Waals surface area contributed by atoms with E-state index in [1.54, 1.807) is 6.20 Å². The van der Waals surface area contributed by atoms with Crippen LogP contribution in [0.5, 0.6) is 17.2 Å². The van der Waals surface area contributed by atoms with Gasteiger partial charge in [-0.05, 0) is 60.9 Å². The number of ether oxygens (including phenoxy) is 3. The zero-order chi connectivity index (χ0) is 20.3. The zero-order valence-corrected chi connectivity index (χ0v) is 17.1. The molecule has 0 unspecified atom stereocenters. The van der Waals surface area contributed by atoms with Crippen molar-refractivity contribution in [3.05, 3.63) is 78.0 Å². The van der Waals surface area contributed by atoms with Gasteiger partial charge in [-0.15, -0.1) is 0 Å². The van der Waals surface area contributed by atoms with E-state index < -0.39 is 0 Å². The summed E-state index contributed by atoms with van der Waals surface area (Å²) >= 11 is 0. The number of anilines is 1. The second-order valence-electron chi connectivity index (χ2n) is 6.48. The summed E-state index contributed by atoms with van der Waals surface area (Å²) in [7, 11) is 0. The molecule has 0 atom stereocenters. The molecule has 1 N–H and O–H groups in total. The van der Waals surface area contributed by atoms with E-state index in [0.717, 1.165) is 35.1 Å². The third-order valence-electron chi connectivity index (χ3n) is 4.39. The van der Waals surface area contributed by atoms with Crippen molar-refractivity contribution < 1.29 is 14.2 Å². The van der Waals surface area contributed by atoms with Crippen LogP contribution in [0.2, 0.25) is 0 Å². The Morgan fingerprint density at radius 2 is 1.59 bits per heavy atom. The van der Waals surface area contributed by atoms with Gasteiger partial charge in [0.15, 0.2) is 11.5 Å². The van der Waals surface area contributed by atoms with E-state index in [2.05, 4.69) is 29.4 Å². The first-order valence-corrected chi connectivity index (χ1v) is 10.0. The normalized spacial score (nSPS) is 10.4. The number of pyridine rings is 1. The summed E-state index contributed by atoms with van der Waals surface area (Å²) in [5.74, 6) is 3.15. The zero-order valence-electron chi connectivity index (χ0n) is 17.1. The molecule has 0 aliphatic heterocycles. The number of benzene rings is 2. The fourth-order valence-corrected chi connectivity index (χ4v) is 2.84. The second-order valence-corrected chi connectivity index (χ2v) is 6.48. The van der Waals surface area contributed by atoms with Gasteiger partial charge in [-0.1, -0.05) is 31.2 Å². The molecule has 0 aliphatic carbocycles. The van der Waals surface area contributed by atoms with Crippen LogP contribution in [0.3, 0.4) is 0 Å². The van der Waals surface area contributed by atoms with Crippen LogP contribution in [0.1, 0.15) is 25.0 Å². The molecule has 3 rings (SSSR count). The van der Waals surface area contributed by atoms with Crippen molar-refractivity contribution in [2.45, 2.75) is 26.8 Å². The van der Waals surface area contributed by atoms with E-state index >= 15 is 0 Å². The Hall–Kier alpha value is -3.21. The molecule has 0 aliphatic rings. The lowest BCUT2D eigenvalue weighted by Crippen LogP contribution is -2.10. The third-order valence-corrected chi connectivity index (χ3v) is 4.39. The number of nitrogens with zero attached hydrogens (tertiary/aromatic N) is 1. The second kappa shape index (κ2) is 11.0. The summed E-state index contributed by atoms with van der Waals surface area (Å²) in [5.41, 5.74) is 2.39. The predicted molar refractivity (Wildman–Crippen MR) is 116 cm³/mol. The summed E-state index contributed by atoms with van der Waals surface area (Å²) < 4.78 is 17.4. The van der Waals surface area contributed by atoms with Gasteiger partial charge in [0.25, 0.3) is 0 Å². The lowest BCUT2D eigenvalue weighted by Gasteiger charge is -2.14. The number of nitrogens with one attached hydrogen (secondary N) is 1. The highest BCUT2D eigenvalue weighted by Crippen LogP contribution is 2.29. The monoisotopic (exact) mass is 392 g/mol. The van der Waals surface area contributed by atoms with Crippen LogP contribution >= 0.6 is 0 Å². The molecule has 5 heteroatoms. The summed E-state index contributed by atoms with van der Waals surface area (Å²) in [6.45, 7) is 6.26. The average molecular weight is 392 g/mol. The highest BCUT2D eigenvalue weighted by molar-refractivity contribution is 5.44. The van der Waals surface area contributed by atoms with Crippen molar-refractivity contribution in [2.24, 2.45) is 0 Å². The summed E-state index contributed by atoms with van der Waals surface area (Å²) in [6, 6.07) is 19.9. The molecule has 0 bridgehead atoms. The van der Waals surface area contributed by atoms with E-state index in [1.807, 2.05) is 55.5 Å². The quantitative estimate of drug-likeness (QED) is 0.460. The molecule has 152 valence electrons. The van der Waals surface area contributed by atoms with Gasteiger partial charge >= 0.3 is 0 Å². The lowest BCUT2D eigenvalue weighted by molar-refractivity contribution is 0.208. The minimum absolute atomic E-state index is 0.446. The van der Waals surface area contributed by atoms with E-state index in [1.165, 1.54) is 5.56 Å². The first-order chi connectivity index (χ1) is 14.3. The molecule has 0 radical (unpaired) electrons. The molecule has 1 heterocycles. The molecular formula is C24H28N2O3. The molecular weight excluding hydrogens is 364 g/mol. The Morgan fingerprint density at radius 1 is 0.793 bits per heavy atom. The number of rotatable bonds is 11. The first-order valence-electron chi connectivity index (χ1n) is 10.0. The average Bonchev–Trinajstić information content (AvgIpc) is 2.77. The van der Waals surface area contributed by atoms with Crippen molar-refractivity contribution in [2.75, 3.05) is 25.1 Å². The van der Waals surface area contributed by atoms with Gasteiger partial charge < -0.3 is 19.5 Å². The molecule has 1 aromatic heterocycles. The van der Waals surface area contributed by atoms with Gasteiger partial charge in [-0.25, -0.2) is 4.98 Å². The lowest BCUT2D eigenvalue weighted by atomic mass is 10.2. The van der Waals surface area contributed by atoms with E-state index in [0.29, 0.717) is 26.4 Å². The highest BCUT2D eigenvalue weighted by atomic mass is 16.5. The van der Waals surface area contributed by atoms with Crippen LogP contribution in [-0.2, 0) is 13.0 Å². The van der Waals surface area contributed by atoms with Gasteiger partial charge in [-0.2, -0.15) is 0 Å². The molecule has 3 aromatic rings. The number of hydrogen-bond donors (Lipinski definition) is 1. The first kappa shape index (κ1) is 20.5. The van der Waals surface area contributed by atoms with Crippen LogP contribution < -0.4 is 19.5 Å². The summed E-state index contributed by atoms with van der Waals surface area (Å²) in [4.78, 5) is 4.27. The van der Waals surface area contributed by atoms with Crippen LogP contribution in [0, 0.1) is 0 Å². The minimum Gasteiger partial charge on any atom is -0.490 e. The van der Waals surface area contributed by atoms with Gasteiger partial charge in [0, 0.05) is 12.7 Å². The fourth-order valence-electron chi connectivity index (χ4n) is 2.84. The minimum atomic E-state index is 0.446. The standard InChI is InChI=1S/C24H28N2O3/c1-3-19-8-11-21(12-9-19)28-15-16-29-22-13-10-20(17-23(22)27-4-2)18-26-24-7-5-6-14-25-24/h5-14,17H,3-4,15-16,18H2,1-2H3,(H,25,26). The van der Waals surface area contributed by atoms with Crippen LogP contribution in [-0.4, -0.2) is 24.8 Å². The SMILES string of the molecule is CCOc1cc(CNc2ccccn2)ccc1OCCOc1ccc(CC)cc1. The van der Waals surface area contributed by atoms with Gasteiger partial charge in [0.05, 0.1) is 6.61 Å². The molecule has 2 aromatic carbocycles. The van der Waals surface area contributed by atoms with Crippen molar-refractivity contribution >= 4 is 5.82 Å². The number of hydrogen-bond acceptors (Lipinski definition) is 5. The topological polar surface area (TPSA) is 52.6 Å². The maximum absolute atomic E-state index is 5.89. The molecule has 0 spiro atoms. The van der Waals surface area contributed by atoms with Crippen molar-refractivity contribution in [1.29, 1.82) is 0 Å². The largest absolute Gasteiger partial charge is 0.490 e. The van der Waals surface area contributed by atoms with Crippen LogP contribution in [0.15, 0.2) is 66.9 Å². The molecule has 5 nitrogen and oxygen atoms in total. The smallest absolute Gasteiger partial charge is 0.161 e. The highest BCUT2D eigenvalue weighted by Gasteiger charge is 2.07. The Morgan fingerprint density at radius 3 is 2.31 bits per heavy atom. The maximum atomic E-state index is 5.89. The third kappa shape index (κ3) is 6.42. The Labute approximate surface area is 172 Å². The fraction of sp³-hybridized carbons (Fsp3) is 0.292. The predicted octanol–water partition coefficient (Wildman–Crippen LogP) is 5.11. The molecule has 0 amide bonds. The number of aryl methyl sites for hydroxylation is 1. The molecule has 29 heavy (non-hydrogen) atoms. The summed E-state index contributed by atoms with van der Waals surface area (Å²) in [6.07, 6.45) is 2.79. The van der Waals surface area contributed by atoms with Gasteiger partial charge in [0.2, 0.25) is 0 Å². The summed E-state index contributed by atoms with van der Waals surface area (Å²) in [5, 5.41) is 3.30. The molecule has 0 fully saturated rings. The van der Waals surface area contributed by atoms with Crippen LogP contribution in [0.25, 0.3) is 0 Å². The maximum Gasteiger partial charge on any atom is 0.161 e. The van der Waals surface area contributed by atoms with Crippen molar-refractivity contribution in [3.8, 4) is 17.2 Å². The van der Waals surface area contributed by atoms with Gasteiger partial charge in [-0.3, -0.25) is 0 Å².